The molecule has 2 atom stereocenters. The maximum Gasteiger partial charge on any atom is 0.269 e. The predicted molar refractivity (Wildman–Crippen MR) is 73.1 cm³/mol. The highest BCUT2D eigenvalue weighted by Gasteiger charge is 2.52. The second-order valence-corrected chi connectivity index (χ2v) is 5.14. The highest BCUT2D eigenvalue weighted by Crippen LogP contribution is 2.47. The molecule has 0 bridgehead atoms. The molecule has 104 valence electrons. The second-order valence-electron chi connectivity index (χ2n) is 5.14. The van der Waals surface area contributed by atoms with E-state index in [9.17, 15) is 10.1 Å². The van der Waals surface area contributed by atoms with Crippen LogP contribution in [-0.4, -0.2) is 17.1 Å². The Morgan fingerprint density at radius 1 is 1.37 bits per heavy atom. The summed E-state index contributed by atoms with van der Waals surface area (Å²) in [6.07, 6.45) is 2.93. The Labute approximate surface area is 112 Å². The monoisotopic (exact) mass is 264 g/mol. The molecule has 1 aliphatic rings. The minimum absolute atomic E-state index is 0.0434. The first-order valence-corrected chi connectivity index (χ1v) is 6.70. The van der Waals surface area contributed by atoms with Crippen LogP contribution < -0.4 is 10.5 Å². The van der Waals surface area contributed by atoms with Gasteiger partial charge in [0.05, 0.1) is 4.92 Å². The first-order valence-electron chi connectivity index (χ1n) is 6.70. The SMILES string of the molecule is CCC1(CC)C(N)CC1Oc1ccc([N+](=O)[O-])cc1. The quantitative estimate of drug-likeness (QED) is 0.655. The number of nitro groups is 1. The first-order chi connectivity index (χ1) is 9.03. The highest BCUT2D eigenvalue weighted by molar-refractivity contribution is 5.36. The Balaban J connectivity index is 2.07. The van der Waals surface area contributed by atoms with Gasteiger partial charge in [-0.1, -0.05) is 13.8 Å². The standard InChI is InChI=1S/C14H20N2O3/c1-3-14(4-2)12(15)9-13(14)19-11-7-5-10(6-8-11)16(17)18/h5-8,12-13H,3-4,9,15H2,1-2H3. The van der Waals surface area contributed by atoms with Gasteiger partial charge in [0.1, 0.15) is 11.9 Å². The Bertz CT molecular complexity index is 454. The van der Waals surface area contributed by atoms with Gasteiger partial charge in [0.15, 0.2) is 0 Å². The fourth-order valence-electron chi connectivity index (χ4n) is 2.98. The number of hydrogen-bond acceptors (Lipinski definition) is 4. The number of nitrogens with two attached hydrogens (primary N) is 1. The molecule has 2 N–H and O–H groups in total. The maximum absolute atomic E-state index is 10.6. The van der Waals surface area contributed by atoms with Gasteiger partial charge in [-0.2, -0.15) is 0 Å². The molecule has 0 saturated heterocycles. The van der Waals surface area contributed by atoms with E-state index in [2.05, 4.69) is 13.8 Å². The van der Waals surface area contributed by atoms with Gasteiger partial charge in [-0.15, -0.1) is 0 Å². The average molecular weight is 264 g/mol. The summed E-state index contributed by atoms with van der Waals surface area (Å²) in [4.78, 5) is 10.2. The van der Waals surface area contributed by atoms with Crippen molar-refractivity contribution in [3.63, 3.8) is 0 Å². The first kappa shape index (κ1) is 13.8. The zero-order valence-electron chi connectivity index (χ0n) is 11.3. The molecule has 2 rings (SSSR count). The summed E-state index contributed by atoms with van der Waals surface area (Å²) in [5.41, 5.74) is 6.24. The normalized spacial score (nSPS) is 24.6. The van der Waals surface area contributed by atoms with E-state index in [-0.39, 0.29) is 23.2 Å². The van der Waals surface area contributed by atoms with Gasteiger partial charge < -0.3 is 10.5 Å². The zero-order valence-corrected chi connectivity index (χ0v) is 11.3. The predicted octanol–water partition coefficient (Wildman–Crippen LogP) is 2.88. The molecular formula is C14H20N2O3. The second kappa shape index (κ2) is 5.17. The fourth-order valence-corrected chi connectivity index (χ4v) is 2.98. The lowest BCUT2D eigenvalue weighted by atomic mass is 9.59. The summed E-state index contributed by atoms with van der Waals surface area (Å²) in [5, 5.41) is 10.6. The van der Waals surface area contributed by atoms with Crippen molar-refractivity contribution in [2.45, 2.75) is 45.3 Å². The van der Waals surface area contributed by atoms with Crippen LogP contribution in [0, 0.1) is 15.5 Å². The van der Waals surface area contributed by atoms with Gasteiger partial charge in [-0.3, -0.25) is 10.1 Å². The molecule has 5 nitrogen and oxygen atoms in total. The van der Waals surface area contributed by atoms with E-state index in [4.69, 9.17) is 10.5 Å². The number of nitro benzene ring substituents is 1. The van der Waals surface area contributed by atoms with Crippen molar-refractivity contribution < 1.29 is 9.66 Å². The topological polar surface area (TPSA) is 78.4 Å². The van der Waals surface area contributed by atoms with Crippen molar-refractivity contribution in [1.82, 2.24) is 0 Å². The van der Waals surface area contributed by atoms with Gasteiger partial charge in [-0.25, -0.2) is 0 Å². The lowest BCUT2D eigenvalue weighted by Gasteiger charge is -2.53. The Morgan fingerprint density at radius 3 is 2.37 bits per heavy atom. The third-order valence-corrected chi connectivity index (χ3v) is 4.49. The summed E-state index contributed by atoms with van der Waals surface area (Å²) in [5.74, 6) is 0.675. The Hall–Kier alpha value is -1.62. The lowest BCUT2D eigenvalue weighted by molar-refractivity contribution is -0.384. The smallest absolute Gasteiger partial charge is 0.269 e. The number of rotatable bonds is 5. The summed E-state index contributed by atoms with van der Waals surface area (Å²) >= 11 is 0. The molecule has 1 aliphatic carbocycles. The van der Waals surface area contributed by atoms with Crippen LogP contribution in [0.3, 0.4) is 0 Å². The molecule has 19 heavy (non-hydrogen) atoms. The van der Waals surface area contributed by atoms with Crippen LogP contribution >= 0.6 is 0 Å². The summed E-state index contributed by atoms with van der Waals surface area (Å²) in [7, 11) is 0. The zero-order chi connectivity index (χ0) is 14.0. The molecule has 0 aliphatic heterocycles. The maximum atomic E-state index is 10.6. The van der Waals surface area contributed by atoms with E-state index in [1.54, 1.807) is 12.1 Å². The molecular weight excluding hydrogens is 244 g/mol. The van der Waals surface area contributed by atoms with E-state index >= 15 is 0 Å². The Morgan fingerprint density at radius 2 is 1.95 bits per heavy atom. The summed E-state index contributed by atoms with van der Waals surface area (Å²) in [6, 6.07) is 6.42. The van der Waals surface area contributed by atoms with Crippen molar-refractivity contribution in [2.75, 3.05) is 0 Å². The van der Waals surface area contributed by atoms with Crippen LogP contribution in [0.2, 0.25) is 0 Å². The molecule has 0 heterocycles. The van der Waals surface area contributed by atoms with Crippen LogP contribution in [-0.2, 0) is 0 Å². The molecule has 1 saturated carbocycles. The number of nitrogens with zero attached hydrogens (tertiary/aromatic N) is 1. The van der Waals surface area contributed by atoms with Crippen LogP contribution in [0.4, 0.5) is 5.69 Å². The van der Waals surface area contributed by atoms with Crippen molar-refractivity contribution in [3.05, 3.63) is 34.4 Å². The molecule has 0 amide bonds. The van der Waals surface area contributed by atoms with Crippen LogP contribution in [0.5, 0.6) is 5.75 Å². The summed E-state index contributed by atoms with van der Waals surface area (Å²) < 4.78 is 5.95. The van der Waals surface area contributed by atoms with E-state index in [0.29, 0.717) is 5.75 Å². The van der Waals surface area contributed by atoms with Gasteiger partial charge in [0, 0.05) is 30.0 Å². The molecule has 1 fully saturated rings. The van der Waals surface area contributed by atoms with Gasteiger partial charge in [0.25, 0.3) is 5.69 Å². The van der Waals surface area contributed by atoms with Crippen LogP contribution in [0.1, 0.15) is 33.1 Å². The molecule has 5 heteroatoms. The van der Waals surface area contributed by atoms with Crippen LogP contribution in [0.25, 0.3) is 0 Å². The largest absolute Gasteiger partial charge is 0.490 e. The molecule has 0 spiro atoms. The van der Waals surface area contributed by atoms with E-state index in [1.807, 2.05) is 0 Å². The van der Waals surface area contributed by atoms with E-state index < -0.39 is 4.92 Å². The number of non-ortho nitro benzene ring substituents is 1. The van der Waals surface area contributed by atoms with Crippen molar-refractivity contribution in [3.8, 4) is 5.75 Å². The minimum atomic E-state index is -0.411. The van der Waals surface area contributed by atoms with Crippen molar-refractivity contribution >= 4 is 5.69 Å². The number of ether oxygens (including phenoxy) is 1. The Kier molecular flexibility index (Phi) is 3.75. The number of benzene rings is 1. The molecule has 1 aromatic carbocycles. The third-order valence-electron chi connectivity index (χ3n) is 4.49. The van der Waals surface area contributed by atoms with E-state index in [0.717, 1.165) is 19.3 Å². The lowest BCUT2D eigenvalue weighted by Crippen LogP contribution is -2.62. The third kappa shape index (κ3) is 2.30. The minimum Gasteiger partial charge on any atom is -0.490 e. The molecule has 0 aromatic heterocycles. The summed E-state index contributed by atoms with van der Waals surface area (Å²) in [6.45, 7) is 4.27. The van der Waals surface area contributed by atoms with Gasteiger partial charge in [-0.05, 0) is 25.0 Å². The van der Waals surface area contributed by atoms with E-state index in [1.165, 1.54) is 12.1 Å². The van der Waals surface area contributed by atoms with Crippen LogP contribution in [0.15, 0.2) is 24.3 Å². The van der Waals surface area contributed by atoms with Crippen molar-refractivity contribution in [2.24, 2.45) is 11.1 Å². The fraction of sp³-hybridized carbons (Fsp3) is 0.571. The van der Waals surface area contributed by atoms with Crippen molar-refractivity contribution in [1.29, 1.82) is 0 Å². The molecule has 1 aromatic rings. The average Bonchev–Trinajstić information content (AvgIpc) is 2.40. The molecule has 0 radical (unpaired) electrons. The highest BCUT2D eigenvalue weighted by atomic mass is 16.6. The van der Waals surface area contributed by atoms with Gasteiger partial charge in [0.2, 0.25) is 0 Å². The molecule has 2 unspecified atom stereocenters. The number of hydrogen-bond donors (Lipinski definition) is 1. The van der Waals surface area contributed by atoms with Gasteiger partial charge >= 0.3 is 0 Å².